The largest absolute Gasteiger partial charge is 0.497 e. The Morgan fingerprint density at radius 3 is 2.35 bits per heavy atom. The summed E-state index contributed by atoms with van der Waals surface area (Å²) in [6.45, 7) is 3.15. The number of hydrogen-bond donors (Lipinski definition) is 0. The van der Waals surface area contributed by atoms with Crippen molar-refractivity contribution in [2.75, 3.05) is 13.7 Å². The first-order valence-corrected chi connectivity index (χ1v) is 8.28. The van der Waals surface area contributed by atoms with Gasteiger partial charge in [0.25, 0.3) is 5.91 Å². The van der Waals surface area contributed by atoms with E-state index in [9.17, 15) is 9.59 Å². The van der Waals surface area contributed by atoms with E-state index in [2.05, 4.69) is 0 Å². The number of amides is 1. The fourth-order valence-corrected chi connectivity index (χ4v) is 2.85. The van der Waals surface area contributed by atoms with Crippen LogP contribution in [0.3, 0.4) is 0 Å². The molecule has 0 N–H and O–H groups in total. The number of hydrogen-bond acceptors (Lipinski definition) is 5. The molecule has 1 aliphatic rings. The van der Waals surface area contributed by atoms with E-state index in [1.54, 1.807) is 57.4 Å². The number of para-hydroxylation sites is 1. The standard InChI is InChI=1S/C20H21NO5/c1-20(2)19(23)26-18(14-9-11-15(24-3)12-10-14)21(20)17(22)13-25-16-7-5-4-6-8-16/h4-12,18H,13H2,1-3H3/t18-/m1/s1. The number of nitrogens with zero attached hydrogens (tertiary/aromatic N) is 1. The number of carbonyl (C=O) groups is 2. The van der Waals surface area contributed by atoms with Crippen molar-refractivity contribution in [2.24, 2.45) is 0 Å². The molecule has 1 heterocycles. The van der Waals surface area contributed by atoms with Gasteiger partial charge in [0.15, 0.2) is 6.61 Å². The van der Waals surface area contributed by atoms with Gasteiger partial charge in [0, 0.05) is 5.56 Å². The van der Waals surface area contributed by atoms with E-state index in [0.717, 1.165) is 0 Å². The van der Waals surface area contributed by atoms with Crippen LogP contribution >= 0.6 is 0 Å². The van der Waals surface area contributed by atoms with Crippen LogP contribution in [0.5, 0.6) is 11.5 Å². The van der Waals surface area contributed by atoms with Crippen LogP contribution in [-0.2, 0) is 14.3 Å². The number of methoxy groups -OCH3 is 1. The number of benzene rings is 2. The maximum absolute atomic E-state index is 12.8. The Labute approximate surface area is 152 Å². The van der Waals surface area contributed by atoms with E-state index >= 15 is 0 Å². The fraction of sp³-hybridized carbons (Fsp3) is 0.300. The van der Waals surface area contributed by atoms with E-state index in [1.807, 2.05) is 18.2 Å². The molecule has 0 bridgehead atoms. The smallest absolute Gasteiger partial charge is 0.333 e. The van der Waals surface area contributed by atoms with E-state index in [1.165, 1.54) is 4.90 Å². The van der Waals surface area contributed by atoms with Gasteiger partial charge in [-0.1, -0.05) is 18.2 Å². The van der Waals surface area contributed by atoms with Crippen LogP contribution in [-0.4, -0.2) is 36.0 Å². The lowest BCUT2D eigenvalue weighted by atomic mass is 10.0. The summed E-state index contributed by atoms with van der Waals surface area (Å²) in [5.41, 5.74) is -0.389. The van der Waals surface area contributed by atoms with Gasteiger partial charge in [-0.3, -0.25) is 9.69 Å². The van der Waals surface area contributed by atoms with Crippen molar-refractivity contribution in [1.29, 1.82) is 0 Å². The summed E-state index contributed by atoms with van der Waals surface area (Å²) in [4.78, 5) is 26.6. The fourth-order valence-electron chi connectivity index (χ4n) is 2.85. The van der Waals surface area contributed by atoms with Crippen molar-refractivity contribution in [3.63, 3.8) is 0 Å². The third-order valence-corrected chi connectivity index (χ3v) is 4.33. The van der Waals surface area contributed by atoms with Gasteiger partial charge in [0.1, 0.15) is 17.0 Å². The highest BCUT2D eigenvalue weighted by atomic mass is 16.6. The molecule has 3 rings (SSSR count). The SMILES string of the molecule is COc1ccc([C@H]2OC(=O)C(C)(C)N2C(=O)COc2ccccc2)cc1. The average Bonchev–Trinajstić information content (AvgIpc) is 2.90. The van der Waals surface area contributed by atoms with Crippen molar-refractivity contribution >= 4 is 11.9 Å². The van der Waals surface area contributed by atoms with E-state index in [4.69, 9.17) is 14.2 Å². The topological polar surface area (TPSA) is 65.1 Å². The summed E-state index contributed by atoms with van der Waals surface area (Å²) < 4.78 is 16.2. The molecule has 1 atom stereocenters. The van der Waals surface area contributed by atoms with Gasteiger partial charge in [0.05, 0.1) is 7.11 Å². The molecule has 0 spiro atoms. The van der Waals surface area contributed by atoms with Gasteiger partial charge in [-0.25, -0.2) is 4.79 Å². The number of cyclic esters (lactones) is 1. The number of esters is 1. The molecule has 1 saturated heterocycles. The maximum atomic E-state index is 12.8. The second kappa shape index (κ2) is 7.07. The molecule has 1 amide bonds. The molecular weight excluding hydrogens is 334 g/mol. The molecule has 2 aromatic rings. The highest BCUT2D eigenvalue weighted by Crippen LogP contribution is 2.38. The Kier molecular flexibility index (Phi) is 4.84. The molecule has 26 heavy (non-hydrogen) atoms. The quantitative estimate of drug-likeness (QED) is 0.772. The van der Waals surface area contributed by atoms with E-state index < -0.39 is 17.7 Å². The summed E-state index contributed by atoms with van der Waals surface area (Å²) in [7, 11) is 1.57. The minimum absolute atomic E-state index is 0.184. The van der Waals surface area contributed by atoms with Crippen molar-refractivity contribution < 1.29 is 23.8 Å². The maximum Gasteiger partial charge on any atom is 0.333 e. The van der Waals surface area contributed by atoms with Crippen molar-refractivity contribution in [3.05, 3.63) is 60.2 Å². The first-order valence-electron chi connectivity index (χ1n) is 8.28. The first-order chi connectivity index (χ1) is 12.4. The third-order valence-electron chi connectivity index (χ3n) is 4.33. The van der Waals surface area contributed by atoms with Gasteiger partial charge in [-0.2, -0.15) is 0 Å². The summed E-state index contributed by atoms with van der Waals surface area (Å²) >= 11 is 0. The normalized spacial score (nSPS) is 18.3. The van der Waals surface area contributed by atoms with Gasteiger partial charge in [-0.15, -0.1) is 0 Å². The molecule has 6 heteroatoms. The summed E-state index contributed by atoms with van der Waals surface area (Å²) in [6.07, 6.45) is -0.796. The Morgan fingerprint density at radius 1 is 1.08 bits per heavy atom. The second-order valence-corrected chi connectivity index (χ2v) is 6.46. The predicted octanol–water partition coefficient (Wildman–Crippen LogP) is 2.94. The molecule has 0 unspecified atom stereocenters. The lowest BCUT2D eigenvalue weighted by Crippen LogP contribution is -2.49. The summed E-state index contributed by atoms with van der Waals surface area (Å²) in [6, 6.07) is 16.1. The molecular formula is C20H21NO5. The van der Waals surface area contributed by atoms with Gasteiger partial charge >= 0.3 is 5.97 Å². The van der Waals surface area contributed by atoms with Crippen LogP contribution in [0.15, 0.2) is 54.6 Å². The van der Waals surface area contributed by atoms with Crippen molar-refractivity contribution in [2.45, 2.75) is 25.6 Å². The third kappa shape index (κ3) is 3.35. The van der Waals surface area contributed by atoms with E-state index in [-0.39, 0.29) is 12.5 Å². The van der Waals surface area contributed by atoms with Crippen LogP contribution in [0.4, 0.5) is 0 Å². The molecule has 0 radical (unpaired) electrons. The highest BCUT2D eigenvalue weighted by Gasteiger charge is 2.51. The summed E-state index contributed by atoms with van der Waals surface area (Å²) in [5.74, 6) is 0.491. The minimum atomic E-state index is -1.08. The van der Waals surface area contributed by atoms with Crippen LogP contribution < -0.4 is 9.47 Å². The Hall–Kier alpha value is -3.02. The zero-order valence-corrected chi connectivity index (χ0v) is 15.0. The van der Waals surface area contributed by atoms with Crippen LogP contribution in [0.2, 0.25) is 0 Å². The number of rotatable bonds is 5. The van der Waals surface area contributed by atoms with Gasteiger partial charge < -0.3 is 14.2 Å². The molecule has 2 aromatic carbocycles. The second-order valence-electron chi connectivity index (χ2n) is 6.46. The van der Waals surface area contributed by atoms with Crippen LogP contribution in [0.25, 0.3) is 0 Å². The number of ether oxygens (including phenoxy) is 3. The van der Waals surface area contributed by atoms with Gasteiger partial charge in [0.2, 0.25) is 6.23 Å². The molecule has 0 saturated carbocycles. The van der Waals surface area contributed by atoms with Crippen LogP contribution in [0.1, 0.15) is 25.6 Å². The van der Waals surface area contributed by atoms with Crippen molar-refractivity contribution in [3.8, 4) is 11.5 Å². The summed E-state index contributed by atoms with van der Waals surface area (Å²) in [5, 5.41) is 0. The molecule has 6 nitrogen and oxygen atoms in total. The first kappa shape index (κ1) is 17.8. The Balaban J connectivity index is 1.81. The molecule has 1 fully saturated rings. The van der Waals surface area contributed by atoms with Crippen LogP contribution in [0, 0.1) is 0 Å². The van der Waals surface area contributed by atoms with Gasteiger partial charge in [-0.05, 0) is 50.2 Å². The zero-order chi connectivity index (χ0) is 18.7. The predicted molar refractivity (Wildman–Crippen MR) is 94.7 cm³/mol. The van der Waals surface area contributed by atoms with Crippen molar-refractivity contribution in [1.82, 2.24) is 4.90 Å². The molecule has 136 valence electrons. The zero-order valence-electron chi connectivity index (χ0n) is 15.0. The molecule has 1 aliphatic heterocycles. The Bertz CT molecular complexity index is 786. The lowest BCUT2D eigenvalue weighted by molar-refractivity contribution is -0.144. The lowest BCUT2D eigenvalue weighted by Gasteiger charge is -2.30. The number of carbonyl (C=O) groups excluding carboxylic acids is 2. The minimum Gasteiger partial charge on any atom is -0.497 e. The monoisotopic (exact) mass is 355 g/mol. The highest BCUT2D eigenvalue weighted by molar-refractivity contribution is 5.91. The Morgan fingerprint density at radius 2 is 1.73 bits per heavy atom. The molecule has 0 aromatic heterocycles. The van der Waals surface area contributed by atoms with E-state index in [0.29, 0.717) is 17.1 Å². The average molecular weight is 355 g/mol. The molecule has 0 aliphatic carbocycles.